The van der Waals surface area contributed by atoms with E-state index >= 15 is 0 Å². The first-order valence-corrected chi connectivity index (χ1v) is 16.8. The number of para-hydroxylation sites is 1. The Balaban J connectivity index is 1.12. The molecule has 1 fully saturated rings. The maximum atomic E-state index is 13.6. The van der Waals surface area contributed by atoms with Gasteiger partial charge in [0, 0.05) is 45.0 Å². The van der Waals surface area contributed by atoms with Gasteiger partial charge in [-0.1, -0.05) is 24.3 Å². The van der Waals surface area contributed by atoms with Crippen molar-refractivity contribution in [2.24, 2.45) is 0 Å². The summed E-state index contributed by atoms with van der Waals surface area (Å²) in [7, 11) is 1.60. The van der Waals surface area contributed by atoms with Gasteiger partial charge in [0.2, 0.25) is 5.91 Å². The molecule has 12 nitrogen and oxygen atoms in total. The van der Waals surface area contributed by atoms with Crippen molar-refractivity contribution in [3.8, 4) is 11.5 Å². The largest absolute Gasteiger partial charge is 0.457 e. The molecule has 5 amide bonds. The lowest BCUT2D eigenvalue weighted by Gasteiger charge is -2.29. The van der Waals surface area contributed by atoms with Gasteiger partial charge >= 0.3 is 12.1 Å². The molecular weight excluding hydrogens is 644 g/mol. The molecule has 0 bridgehead atoms. The summed E-state index contributed by atoms with van der Waals surface area (Å²) in [6.45, 7) is 8.32. The number of aromatic nitrogens is 1. The number of thiophene rings is 1. The Morgan fingerprint density at radius 1 is 1.10 bits per heavy atom. The topological polar surface area (TPSA) is 133 Å². The molecule has 0 aliphatic carbocycles. The first-order valence-electron chi connectivity index (χ1n) is 15.9. The van der Waals surface area contributed by atoms with Crippen LogP contribution >= 0.6 is 11.3 Å². The number of ether oxygens (including phenoxy) is 2. The number of amides is 5. The molecular formula is C36H38N6O6S. The van der Waals surface area contributed by atoms with Crippen molar-refractivity contribution in [2.75, 3.05) is 36.9 Å². The molecule has 2 aromatic carbocycles. The van der Waals surface area contributed by atoms with Gasteiger partial charge < -0.3 is 29.9 Å². The average molecular weight is 683 g/mol. The summed E-state index contributed by atoms with van der Waals surface area (Å²) in [5.41, 5.74) is 1.95. The van der Waals surface area contributed by atoms with E-state index in [2.05, 4.69) is 15.6 Å². The minimum atomic E-state index is -0.608. The van der Waals surface area contributed by atoms with E-state index in [-0.39, 0.29) is 24.4 Å². The van der Waals surface area contributed by atoms with E-state index in [0.29, 0.717) is 63.2 Å². The number of benzene rings is 2. The smallest absolute Gasteiger partial charge is 0.410 e. The molecule has 1 atom stereocenters. The molecule has 2 aromatic heterocycles. The quantitative estimate of drug-likeness (QED) is 0.195. The lowest BCUT2D eigenvalue weighted by atomic mass is 10.1. The Bertz CT molecular complexity index is 1950. The molecule has 254 valence electrons. The maximum Gasteiger partial charge on any atom is 0.410 e. The number of likely N-dealkylation sites (tertiary alicyclic amines) is 1. The van der Waals surface area contributed by atoms with Crippen LogP contribution in [0.3, 0.4) is 0 Å². The van der Waals surface area contributed by atoms with Crippen molar-refractivity contribution in [2.45, 2.75) is 45.8 Å². The molecule has 6 rings (SSSR count). The van der Waals surface area contributed by atoms with Gasteiger partial charge in [0.15, 0.2) is 0 Å². The molecule has 1 saturated heterocycles. The second kappa shape index (κ2) is 13.6. The van der Waals surface area contributed by atoms with Crippen molar-refractivity contribution in [3.63, 3.8) is 0 Å². The Labute approximate surface area is 288 Å². The van der Waals surface area contributed by atoms with E-state index < -0.39 is 17.7 Å². The van der Waals surface area contributed by atoms with Gasteiger partial charge in [-0.3, -0.25) is 14.5 Å². The number of pyridine rings is 1. The van der Waals surface area contributed by atoms with Crippen LogP contribution in [0.5, 0.6) is 11.5 Å². The zero-order valence-electron chi connectivity index (χ0n) is 28.0. The number of nitrogens with zero attached hydrogens (tertiary/aromatic N) is 4. The summed E-state index contributed by atoms with van der Waals surface area (Å²) < 4.78 is 11.3. The monoisotopic (exact) mass is 682 g/mol. The van der Waals surface area contributed by atoms with Crippen LogP contribution in [0, 0.1) is 6.92 Å². The molecule has 49 heavy (non-hydrogen) atoms. The molecule has 2 aliphatic heterocycles. The lowest BCUT2D eigenvalue weighted by molar-refractivity contribution is -0.125. The fraction of sp³-hybridized carbons (Fsp3) is 0.306. The van der Waals surface area contributed by atoms with E-state index in [1.807, 2.05) is 55.5 Å². The first kappa shape index (κ1) is 33.5. The van der Waals surface area contributed by atoms with Gasteiger partial charge in [-0.15, -0.1) is 11.3 Å². The van der Waals surface area contributed by atoms with Crippen LogP contribution in [0.2, 0.25) is 0 Å². The molecule has 4 aromatic rings. The Hall–Kier alpha value is -5.43. The summed E-state index contributed by atoms with van der Waals surface area (Å²) in [6, 6.07) is 16.1. The van der Waals surface area contributed by atoms with Crippen molar-refractivity contribution in [1.82, 2.24) is 20.1 Å². The molecule has 4 heterocycles. The third-order valence-electron chi connectivity index (χ3n) is 8.02. The Morgan fingerprint density at radius 2 is 1.88 bits per heavy atom. The molecule has 0 radical (unpaired) electrons. The number of likely N-dealkylation sites (N-methyl/N-ethyl adjacent to an activating group) is 1. The van der Waals surface area contributed by atoms with Gasteiger partial charge in [-0.25, -0.2) is 14.6 Å². The third kappa shape index (κ3) is 7.36. The van der Waals surface area contributed by atoms with E-state index in [0.717, 1.165) is 5.56 Å². The van der Waals surface area contributed by atoms with Crippen molar-refractivity contribution in [1.29, 1.82) is 0 Å². The van der Waals surface area contributed by atoms with E-state index in [4.69, 9.17) is 9.47 Å². The van der Waals surface area contributed by atoms with Crippen LogP contribution < -0.4 is 20.3 Å². The number of urea groups is 1. The second-order valence-corrected chi connectivity index (χ2v) is 14.0. The predicted molar refractivity (Wildman–Crippen MR) is 189 cm³/mol. The van der Waals surface area contributed by atoms with Crippen LogP contribution in [0.15, 0.2) is 72.9 Å². The number of carbonyl (C=O) groups is 4. The number of aryl methyl sites for hydroxylation is 1. The standard InChI is InChI=1S/C36H38N6O6S/c1-22-20-25(47-24-10-7-6-8-11-24)13-14-26(22)42-27-15-17-37-33-29(27)30(39-34(42)45)31(49-33)32(44)38-23-16-19-41(21-23)28(43)12-9-18-40(5)35(46)48-36(2,3)4/h6-15,17,20,23H,16,18-19,21H2,1-5H3,(H,38,44)(H,39,45). The molecule has 13 heteroatoms. The number of carbonyl (C=O) groups excluding carboxylic acids is 4. The Morgan fingerprint density at radius 3 is 2.61 bits per heavy atom. The van der Waals surface area contributed by atoms with E-state index in [1.165, 1.54) is 22.3 Å². The molecule has 2 aliphatic rings. The molecule has 0 spiro atoms. The van der Waals surface area contributed by atoms with Crippen LogP contribution in [0.4, 0.5) is 26.7 Å². The summed E-state index contributed by atoms with van der Waals surface area (Å²) >= 11 is 1.21. The van der Waals surface area contributed by atoms with E-state index in [1.54, 1.807) is 56.0 Å². The number of rotatable bonds is 8. The molecule has 2 N–H and O–H groups in total. The SMILES string of the molecule is Cc1cc(Oc2ccccc2)ccc1N1C(=O)Nc2c(C(=O)NC3CCN(C(=O)C=CCN(C)C(=O)OC(C)(C)C)C3)sc3nccc1c23. The zero-order valence-corrected chi connectivity index (χ0v) is 28.8. The number of nitrogens with one attached hydrogen (secondary N) is 2. The van der Waals surface area contributed by atoms with Gasteiger partial charge in [-0.2, -0.15) is 0 Å². The summed E-state index contributed by atoms with van der Waals surface area (Å²) in [4.78, 5) is 62.3. The third-order valence-corrected chi connectivity index (χ3v) is 9.12. The highest BCUT2D eigenvalue weighted by atomic mass is 32.1. The van der Waals surface area contributed by atoms with Crippen LogP contribution in [0.25, 0.3) is 10.2 Å². The minimum absolute atomic E-state index is 0.206. The van der Waals surface area contributed by atoms with Crippen LogP contribution in [0.1, 0.15) is 42.4 Å². The van der Waals surface area contributed by atoms with Crippen LogP contribution in [-0.4, -0.2) is 77.0 Å². The maximum absolute atomic E-state index is 13.6. The fourth-order valence-corrected chi connectivity index (χ4v) is 6.73. The minimum Gasteiger partial charge on any atom is -0.457 e. The highest BCUT2D eigenvalue weighted by Crippen LogP contribution is 2.46. The molecule has 1 unspecified atom stereocenters. The molecule has 0 saturated carbocycles. The van der Waals surface area contributed by atoms with Gasteiger partial charge in [-0.05, 0) is 76.1 Å². The van der Waals surface area contributed by atoms with Crippen molar-refractivity contribution in [3.05, 3.63) is 83.4 Å². The van der Waals surface area contributed by atoms with Crippen molar-refractivity contribution < 1.29 is 28.7 Å². The lowest BCUT2D eigenvalue weighted by Crippen LogP contribution is -2.39. The summed E-state index contributed by atoms with van der Waals surface area (Å²) in [5.74, 6) is 0.810. The Kier molecular flexibility index (Phi) is 9.28. The number of hydrogen-bond acceptors (Lipinski definition) is 8. The normalized spacial score (nSPS) is 15.8. The predicted octanol–water partition coefficient (Wildman–Crippen LogP) is 6.83. The second-order valence-electron chi connectivity index (χ2n) is 13.0. The highest BCUT2D eigenvalue weighted by molar-refractivity contribution is 7.21. The fourth-order valence-electron chi connectivity index (χ4n) is 5.71. The van der Waals surface area contributed by atoms with Gasteiger partial charge in [0.1, 0.15) is 26.8 Å². The van der Waals surface area contributed by atoms with Gasteiger partial charge in [0.25, 0.3) is 5.91 Å². The van der Waals surface area contributed by atoms with Crippen molar-refractivity contribution >= 4 is 62.6 Å². The zero-order chi connectivity index (χ0) is 34.9. The first-order chi connectivity index (χ1) is 23.4. The summed E-state index contributed by atoms with van der Waals surface area (Å²) in [6.07, 6.45) is 4.79. The van der Waals surface area contributed by atoms with E-state index in [9.17, 15) is 19.2 Å². The average Bonchev–Trinajstić information content (AvgIpc) is 3.67. The number of hydrogen-bond donors (Lipinski definition) is 2. The van der Waals surface area contributed by atoms with Crippen LogP contribution in [-0.2, 0) is 9.53 Å². The number of anilines is 3. The summed E-state index contributed by atoms with van der Waals surface area (Å²) in [5, 5.41) is 6.67. The van der Waals surface area contributed by atoms with Gasteiger partial charge in [0.05, 0.1) is 22.4 Å². The highest BCUT2D eigenvalue weighted by Gasteiger charge is 2.35.